The van der Waals surface area contributed by atoms with Crippen molar-refractivity contribution < 1.29 is 4.42 Å². The van der Waals surface area contributed by atoms with Crippen molar-refractivity contribution in [1.82, 2.24) is 4.57 Å². The minimum atomic E-state index is 0.866. The Morgan fingerprint density at radius 2 is 0.836 bits per heavy atom. The van der Waals surface area contributed by atoms with Crippen LogP contribution in [0.4, 0.5) is 17.1 Å². The molecule has 0 saturated carbocycles. The quantitative estimate of drug-likeness (QED) is 0.161. The highest BCUT2D eigenvalue weighted by Crippen LogP contribution is 2.44. The first kappa shape index (κ1) is 34.9. The van der Waals surface area contributed by atoms with Crippen LogP contribution in [0.25, 0.3) is 93.6 Å². The Bertz CT molecular complexity index is 3550. The van der Waals surface area contributed by atoms with E-state index in [-0.39, 0.29) is 0 Å². The number of para-hydroxylation sites is 3. The molecule has 10 aromatic carbocycles. The Morgan fingerprint density at radius 1 is 0.311 bits per heavy atom. The first-order chi connectivity index (χ1) is 30.2. The summed E-state index contributed by atoms with van der Waals surface area (Å²) in [7, 11) is 0. The normalized spacial score (nSPS) is 11.6. The van der Waals surface area contributed by atoms with Gasteiger partial charge in [0.05, 0.1) is 11.0 Å². The summed E-state index contributed by atoms with van der Waals surface area (Å²) in [5.41, 5.74) is 15.6. The van der Waals surface area contributed by atoms with E-state index < -0.39 is 0 Å². The van der Waals surface area contributed by atoms with Gasteiger partial charge in [-0.25, -0.2) is 0 Å². The lowest BCUT2D eigenvalue weighted by molar-refractivity contribution is 0.669. The zero-order chi connectivity index (χ0) is 40.3. The fourth-order valence-electron chi connectivity index (χ4n) is 9.32. The zero-order valence-corrected chi connectivity index (χ0v) is 33.2. The molecule has 0 saturated heterocycles. The van der Waals surface area contributed by atoms with Crippen LogP contribution in [-0.4, -0.2) is 4.57 Å². The van der Waals surface area contributed by atoms with E-state index in [9.17, 15) is 0 Å². The van der Waals surface area contributed by atoms with Crippen LogP contribution in [0.5, 0.6) is 0 Å². The lowest BCUT2D eigenvalue weighted by Crippen LogP contribution is -2.09. The van der Waals surface area contributed by atoms with Gasteiger partial charge in [0.15, 0.2) is 0 Å². The molecule has 3 nitrogen and oxygen atoms in total. The molecule has 61 heavy (non-hydrogen) atoms. The fourth-order valence-corrected chi connectivity index (χ4v) is 9.32. The number of rotatable bonds is 7. The fraction of sp³-hybridized carbons (Fsp3) is 0. The van der Waals surface area contributed by atoms with Crippen molar-refractivity contribution in [2.75, 3.05) is 4.90 Å². The van der Waals surface area contributed by atoms with Crippen molar-refractivity contribution in [1.29, 1.82) is 0 Å². The molecule has 12 aromatic rings. The molecule has 0 unspecified atom stereocenters. The predicted molar refractivity (Wildman–Crippen MR) is 257 cm³/mol. The average Bonchev–Trinajstić information content (AvgIpc) is 3.88. The molecule has 2 aromatic heterocycles. The number of fused-ring (bicyclic) bond motifs is 8. The van der Waals surface area contributed by atoms with Crippen LogP contribution in [0.2, 0.25) is 0 Å². The number of furan rings is 1. The number of aromatic nitrogens is 1. The SMILES string of the molecule is c1ccc(-c2ccc(-c3ccc(N(c4ccccc4)c4ccc5oc6cc(-c7ccc8c(c7)c7ccccc7n8-c7ccccc7)c7ccccc7c6c5c4)cc3)cc2)cc1. The maximum atomic E-state index is 6.77. The van der Waals surface area contributed by atoms with Crippen LogP contribution in [0, 0.1) is 0 Å². The highest BCUT2D eigenvalue weighted by Gasteiger charge is 2.20. The van der Waals surface area contributed by atoms with Crippen LogP contribution in [0.3, 0.4) is 0 Å². The third kappa shape index (κ3) is 5.90. The molecule has 3 heteroatoms. The van der Waals surface area contributed by atoms with E-state index in [0.717, 1.165) is 55.8 Å². The van der Waals surface area contributed by atoms with Gasteiger partial charge < -0.3 is 13.9 Å². The summed E-state index contributed by atoms with van der Waals surface area (Å²) in [4.78, 5) is 2.33. The van der Waals surface area contributed by atoms with Crippen molar-refractivity contribution >= 4 is 71.6 Å². The Balaban J connectivity index is 0.965. The molecule has 0 N–H and O–H groups in total. The van der Waals surface area contributed by atoms with Gasteiger partial charge in [-0.15, -0.1) is 0 Å². The molecule has 0 bridgehead atoms. The van der Waals surface area contributed by atoms with Gasteiger partial charge in [0, 0.05) is 44.3 Å². The topological polar surface area (TPSA) is 21.3 Å². The maximum absolute atomic E-state index is 6.77. The minimum absolute atomic E-state index is 0.866. The van der Waals surface area contributed by atoms with E-state index in [1.54, 1.807) is 0 Å². The first-order valence-corrected chi connectivity index (χ1v) is 20.8. The highest BCUT2D eigenvalue weighted by atomic mass is 16.3. The van der Waals surface area contributed by atoms with E-state index in [2.05, 4.69) is 240 Å². The first-order valence-electron chi connectivity index (χ1n) is 20.8. The molecule has 0 atom stereocenters. The molecular formula is C58H38N2O. The third-order valence-electron chi connectivity index (χ3n) is 12.2. The molecule has 0 aliphatic carbocycles. The Hall–Kier alpha value is -8.14. The largest absolute Gasteiger partial charge is 0.456 e. The van der Waals surface area contributed by atoms with Crippen LogP contribution < -0.4 is 4.90 Å². The van der Waals surface area contributed by atoms with E-state index in [0.29, 0.717) is 0 Å². The van der Waals surface area contributed by atoms with Crippen LogP contribution >= 0.6 is 0 Å². The molecular weight excluding hydrogens is 741 g/mol. The van der Waals surface area contributed by atoms with Gasteiger partial charge in [0.2, 0.25) is 0 Å². The van der Waals surface area contributed by atoms with Crippen LogP contribution in [0.15, 0.2) is 235 Å². The summed E-state index contributed by atoms with van der Waals surface area (Å²) >= 11 is 0. The molecule has 2 heterocycles. The second-order valence-corrected chi connectivity index (χ2v) is 15.7. The van der Waals surface area contributed by atoms with Crippen molar-refractivity contribution in [2.24, 2.45) is 0 Å². The molecule has 0 fully saturated rings. The molecule has 0 aliphatic heterocycles. The monoisotopic (exact) mass is 778 g/mol. The molecule has 0 amide bonds. The number of hydrogen-bond acceptors (Lipinski definition) is 2. The van der Waals surface area contributed by atoms with Crippen LogP contribution in [0.1, 0.15) is 0 Å². The summed E-state index contributed by atoms with van der Waals surface area (Å²) in [6.07, 6.45) is 0. The van der Waals surface area contributed by atoms with Crippen molar-refractivity contribution in [3.8, 4) is 39.1 Å². The van der Waals surface area contributed by atoms with Gasteiger partial charge in [-0.1, -0.05) is 152 Å². The van der Waals surface area contributed by atoms with Gasteiger partial charge in [-0.3, -0.25) is 0 Å². The average molecular weight is 779 g/mol. The summed E-state index contributed by atoms with van der Waals surface area (Å²) in [5, 5.41) is 7.05. The Kier molecular flexibility index (Phi) is 8.17. The van der Waals surface area contributed by atoms with Gasteiger partial charge in [-0.2, -0.15) is 0 Å². The van der Waals surface area contributed by atoms with E-state index in [1.807, 2.05) is 0 Å². The third-order valence-corrected chi connectivity index (χ3v) is 12.2. The van der Waals surface area contributed by atoms with Gasteiger partial charge in [0.25, 0.3) is 0 Å². The summed E-state index contributed by atoms with van der Waals surface area (Å²) in [5.74, 6) is 0. The lowest BCUT2D eigenvalue weighted by atomic mass is 9.94. The van der Waals surface area contributed by atoms with E-state index in [1.165, 1.54) is 54.8 Å². The molecule has 0 spiro atoms. The second kappa shape index (κ2) is 14.3. The van der Waals surface area contributed by atoms with Gasteiger partial charge >= 0.3 is 0 Å². The Labute approximate surface area is 353 Å². The smallest absolute Gasteiger partial charge is 0.136 e. The van der Waals surface area contributed by atoms with Crippen molar-refractivity contribution in [2.45, 2.75) is 0 Å². The van der Waals surface area contributed by atoms with E-state index in [4.69, 9.17) is 4.42 Å². The molecule has 12 rings (SSSR count). The van der Waals surface area contributed by atoms with Gasteiger partial charge in [0.1, 0.15) is 11.2 Å². The molecule has 0 radical (unpaired) electrons. The molecule has 0 aliphatic rings. The number of nitrogens with zero attached hydrogens (tertiary/aromatic N) is 2. The summed E-state index contributed by atoms with van der Waals surface area (Å²) in [6.45, 7) is 0. The maximum Gasteiger partial charge on any atom is 0.136 e. The lowest BCUT2D eigenvalue weighted by Gasteiger charge is -2.25. The predicted octanol–water partition coefficient (Wildman–Crippen LogP) is 16.3. The van der Waals surface area contributed by atoms with Crippen molar-refractivity contribution in [3.05, 3.63) is 231 Å². The van der Waals surface area contributed by atoms with E-state index >= 15 is 0 Å². The van der Waals surface area contributed by atoms with Crippen LogP contribution in [-0.2, 0) is 0 Å². The summed E-state index contributed by atoms with van der Waals surface area (Å²) < 4.78 is 9.13. The number of hydrogen-bond donors (Lipinski definition) is 0. The zero-order valence-electron chi connectivity index (χ0n) is 33.2. The highest BCUT2D eigenvalue weighted by molar-refractivity contribution is 6.23. The van der Waals surface area contributed by atoms with Gasteiger partial charge in [-0.05, 0) is 123 Å². The second-order valence-electron chi connectivity index (χ2n) is 15.7. The van der Waals surface area contributed by atoms with Crippen molar-refractivity contribution in [3.63, 3.8) is 0 Å². The molecule has 286 valence electrons. The Morgan fingerprint density at radius 3 is 1.56 bits per heavy atom. The number of benzene rings is 10. The standard InChI is InChI=1S/C58H38N2O/c1-4-14-39(15-5-1)40-24-26-41(27-25-40)42-28-31-46(32-29-42)59(44-16-6-2-7-17-44)47-33-35-56-53(37-47)58-50-22-11-10-20-48(50)51(38-57(58)61-56)43-30-34-55-52(36-43)49-21-12-13-23-54(49)60(55)45-18-8-3-9-19-45/h1-38H. The number of anilines is 3. The summed E-state index contributed by atoms with van der Waals surface area (Å²) in [6, 6.07) is 82.7. The minimum Gasteiger partial charge on any atom is -0.456 e.